The Kier molecular flexibility index (Phi) is 2.44. The molecular weight excluding hydrogens is 266 g/mol. The topological polar surface area (TPSA) is 85.8 Å². The number of aryl methyl sites for hydroxylation is 1. The molecule has 0 radical (unpaired) electrons. The second kappa shape index (κ2) is 4.31. The Balaban J connectivity index is 1.92. The Morgan fingerprint density at radius 1 is 1.19 bits per heavy atom. The standard InChI is InChI=1S/C15H13N5O/c16-10-7-9-5-6-15(21)17-12(9)8-14(10)20-13-4-2-1-3-11(13)18-19-20/h1-4,7-8H,5-6,16H2,(H,17,21). The van der Waals surface area contributed by atoms with Gasteiger partial charge in [0.25, 0.3) is 0 Å². The van der Waals surface area contributed by atoms with E-state index in [2.05, 4.69) is 15.6 Å². The minimum absolute atomic E-state index is 0.0293. The number of nitrogens with two attached hydrogens (primary N) is 1. The Bertz CT molecular complexity index is 868. The van der Waals surface area contributed by atoms with Crippen molar-refractivity contribution in [2.45, 2.75) is 12.8 Å². The summed E-state index contributed by atoms with van der Waals surface area (Å²) in [5.41, 5.74) is 11.1. The average molecular weight is 279 g/mol. The van der Waals surface area contributed by atoms with Gasteiger partial charge in [0.05, 0.1) is 16.9 Å². The van der Waals surface area contributed by atoms with Crippen LogP contribution in [0.3, 0.4) is 0 Å². The van der Waals surface area contributed by atoms with Crippen LogP contribution in [0.5, 0.6) is 0 Å². The zero-order chi connectivity index (χ0) is 14.4. The van der Waals surface area contributed by atoms with Crippen LogP contribution >= 0.6 is 0 Å². The lowest BCUT2D eigenvalue weighted by Gasteiger charge is -2.19. The van der Waals surface area contributed by atoms with E-state index in [1.165, 1.54) is 0 Å². The van der Waals surface area contributed by atoms with Crippen molar-refractivity contribution in [1.82, 2.24) is 15.0 Å². The molecule has 0 saturated carbocycles. The van der Waals surface area contributed by atoms with Crippen molar-refractivity contribution >= 4 is 28.3 Å². The molecule has 104 valence electrons. The van der Waals surface area contributed by atoms with Crippen LogP contribution in [0.2, 0.25) is 0 Å². The van der Waals surface area contributed by atoms with Crippen LogP contribution in [0, 0.1) is 0 Å². The largest absolute Gasteiger partial charge is 0.397 e. The zero-order valence-electron chi connectivity index (χ0n) is 11.2. The number of para-hydroxylation sites is 1. The molecule has 2 heterocycles. The summed E-state index contributed by atoms with van der Waals surface area (Å²) < 4.78 is 1.70. The van der Waals surface area contributed by atoms with Crippen LogP contribution in [-0.2, 0) is 11.2 Å². The predicted molar refractivity (Wildman–Crippen MR) is 80.2 cm³/mol. The molecule has 0 saturated heterocycles. The number of nitrogens with zero attached hydrogens (tertiary/aromatic N) is 3. The van der Waals surface area contributed by atoms with Gasteiger partial charge in [-0.1, -0.05) is 17.3 Å². The van der Waals surface area contributed by atoms with Gasteiger partial charge in [0.15, 0.2) is 0 Å². The smallest absolute Gasteiger partial charge is 0.224 e. The SMILES string of the molecule is Nc1cc2c(cc1-n1nnc3ccccc31)NC(=O)CC2. The van der Waals surface area contributed by atoms with Crippen molar-refractivity contribution in [3.05, 3.63) is 42.0 Å². The lowest BCUT2D eigenvalue weighted by atomic mass is 10.0. The molecule has 3 aromatic rings. The van der Waals surface area contributed by atoms with Gasteiger partial charge in [-0.05, 0) is 36.2 Å². The minimum Gasteiger partial charge on any atom is -0.397 e. The molecule has 3 N–H and O–H groups in total. The van der Waals surface area contributed by atoms with E-state index >= 15 is 0 Å². The summed E-state index contributed by atoms with van der Waals surface area (Å²) in [6.45, 7) is 0. The fourth-order valence-corrected chi connectivity index (χ4v) is 2.67. The molecule has 0 atom stereocenters. The van der Waals surface area contributed by atoms with Gasteiger partial charge in [-0.15, -0.1) is 5.10 Å². The van der Waals surface area contributed by atoms with Crippen LogP contribution in [0.1, 0.15) is 12.0 Å². The molecule has 2 aromatic carbocycles. The first-order valence-electron chi connectivity index (χ1n) is 6.75. The monoisotopic (exact) mass is 279 g/mol. The first-order chi connectivity index (χ1) is 10.2. The Labute approximate surface area is 120 Å². The van der Waals surface area contributed by atoms with E-state index in [9.17, 15) is 4.79 Å². The van der Waals surface area contributed by atoms with Crippen LogP contribution in [0.15, 0.2) is 36.4 Å². The fraction of sp³-hybridized carbons (Fsp3) is 0.133. The third-order valence-corrected chi connectivity index (χ3v) is 3.73. The molecule has 1 aromatic heterocycles. The van der Waals surface area contributed by atoms with Crippen molar-refractivity contribution in [2.75, 3.05) is 11.1 Å². The number of anilines is 2. The number of nitrogen functional groups attached to an aromatic ring is 1. The van der Waals surface area contributed by atoms with Crippen molar-refractivity contribution in [2.24, 2.45) is 0 Å². The number of fused-ring (bicyclic) bond motifs is 2. The van der Waals surface area contributed by atoms with E-state index < -0.39 is 0 Å². The number of carbonyl (C=O) groups is 1. The molecule has 0 spiro atoms. The van der Waals surface area contributed by atoms with Gasteiger partial charge >= 0.3 is 0 Å². The maximum atomic E-state index is 11.5. The normalized spacial score (nSPS) is 14.0. The highest BCUT2D eigenvalue weighted by Gasteiger charge is 2.18. The Hall–Kier alpha value is -2.89. The van der Waals surface area contributed by atoms with Gasteiger partial charge in [0, 0.05) is 12.1 Å². The molecular formula is C15H13N5O. The molecule has 21 heavy (non-hydrogen) atoms. The zero-order valence-corrected chi connectivity index (χ0v) is 11.2. The van der Waals surface area contributed by atoms with Gasteiger partial charge in [-0.3, -0.25) is 4.79 Å². The van der Waals surface area contributed by atoms with Gasteiger partial charge in [0.1, 0.15) is 5.52 Å². The molecule has 0 unspecified atom stereocenters. The number of benzene rings is 2. The summed E-state index contributed by atoms with van der Waals surface area (Å²) in [6, 6.07) is 11.4. The quantitative estimate of drug-likeness (QED) is 0.666. The lowest BCUT2D eigenvalue weighted by Crippen LogP contribution is -2.19. The van der Waals surface area contributed by atoms with Crippen LogP contribution in [0.25, 0.3) is 16.7 Å². The number of hydrogen-bond donors (Lipinski definition) is 2. The van der Waals surface area contributed by atoms with Gasteiger partial charge in [-0.2, -0.15) is 0 Å². The van der Waals surface area contributed by atoms with Gasteiger partial charge in [-0.25, -0.2) is 4.68 Å². The number of rotatable bonds is 1. The summed E-state index contributed by atoms with van der Waals surface area (Å²) in [7, 11) is 0. The number of amides is 1. The second-order valence-electron chi connectivity index (χ2n) is 5.11. The molecule has 1 aliphatic rings. The highest BCUT2D eigenvalue weighted by molar-refractivity contribution is 5.95. The first-order valence-corrected chi connectivity index (χ1v) is 6.75. The molecule has 1 aliphatic heterocycles. The molecule has 6 heteroatoms. The van der Waals surface area contributed by atoms with Gasteiger partial charge in [0.2, 0.25) is 5.91 Å². The van der Waals surface area contributed by atoms with Gasteiger partial charge < -0.3 is 11.1 Å². The van der Waals surface area contributed by atoms with Crippen LogP contribution in [-0.4, -0.2) is 20.9 Å². The molecule has 0 bridgehead atoms. The van der Waals surface area contributed by atoms with E-state index in [0.717, 1.165) is 28.0 Å². The molecule has 6 nitrogen and oxygen atoms in total. The van der Waals surface area contributed by atoms with E-state index in [-0.39, 0.29) is 5.91 Å². The highest BCUT2D eigenvalue weighted by Crippen LogP contribution is 2.31. The van der Waals surface area contributed by atoms with E-state index in [0.29, 0.717) is 18.5 Å². The summed E-state index contributed by atoms with van der Waals surface area (Å²) in [6.07, 6.45) is 1.21. The summed E-state index contributed by atoms with van der Waals surface area (Å²) >= 11 is 0. The van der Waals surface area contributed by atoms with Crippen LogP contribution < -0.4 is 11.1 Å². The Morgan fingerprint density at radius 2 is 2.05 bits per heavy atom. The van der Waals surface area contributed by atoms with E-state index in [1.54, 1.807) is 4.68 Å². The average Bonchev–Trinajstić information content (AvgIpc) is 2.91. The number of nitrogens with one attached hydrogen (secondary N) is 1. The van der Waals surface area contributed by atoms with Crippen LogP contribution in [0.4, 0.5) is 11.4 Å². The maximum Gasteiger partial charge on any atom is 0.224 e. The second-order valence-corrected chi connectivity index (χ2v) is 5.11. The van der Waals surface area contributed by atoms with Crippen molar-refractivity contribution < 1.29 is 4.79 Å². The fourth-order valence-electron chi connectivity index (χ4n) is 2.67. The summed E-state index contributed by atoms with van der Waals surface area (Å²) in [5, 5.41) is 11.2. The maximum absolute atomic E-state index is 11.5. The summed E-state index contributed by atoms with van der Waals surface area (Å²) in [4.78, 5) is 11.5. The van der Waals surface area contributed by atoms with E-state index in [1.807, 2.05) is 36.4 Å². The molecule has 0 fully saturated rings. The minimum atomic E-state index is 0.0293. The van der Waals surface area contributed by atoms with Crippen molar-refractivity contribution in [3.8, 4) is 5.69 Å². The first kappa shape index (κ1) is 11.9. The van der Waals surface area contributed by atoms with E-state index in [4.69, 9.17) is 5.73 Å². The number of aromatic nitrogens is 3. The summed E-state index contributed by atoms with van der Waals surface area (Å²) in [5.74, 6) is 0.0293. The highest BCUT2D eigenvalue weighted by atomic mass is 16.1. The third kappa shape index (κ3) is 1.84. The third-order valence-electron chi connectivity index (χ3n) is 3.73. The Morgan fingerprint density at radius 3 is 2.95 bits per heavy atom. The number of carbonyl (C=O) groups excluding carboxylic acids is 1. The number of hydrogen-bond acceptors (Lipinski definition) is 4. The molecule has 0 aliphatic carbocycles. The molecule has 1 amide bonds. The van der Waals surface area contributed by atoms with Crippen molar-refractivity contribution in [3.63, 3.8) is 0 Å². The van der Waals surface area contributed by atoms with Crippen molar-refractivity contribution in [1.29, 1.82) is 0 Å². The molecule has 4 rings (SSSR count). The lowest BCUT2D eigenvalue weighted by molar-refractivity contribution is -0.116. The predicted octanol–water partition coefficient (Wildman–Crippen LogP) is 1.89.